The fourth-order valence-electron chi connectivity index (χ4n) is 2.18. The molecule has 0 aromatic heterocycles. The van der Waals surface area contributed by atoms with E-state index < -0.39 is 23.3 Å². The normalized spacial score (nSPS) is 11.7. The molecule has 0 amide bonds. The molecule has 2 aromatic carbocycles. The van der Waals surface area contributed by atoms with Gasteiger partial charge in [0.05, 0.1) is 11.1 Å². The molecule has 2 aromatic rings. The standard InChI is InChI=1S/C20H17F3O2/c1-5-13-10-16(12-17(11-13)20(21,22)23)14-6-8-15(9-7-14)18(24)25-19(2,3)4/h1,6-12H,2-4H3. The summed E-state index contributed by atoms with van der Waals surface area (Å²) in [5, 5.41) is 0. The summed E-state index contributed by atoms with van der Waals surface area (Å²) < 4.78 is 44.2. The monoisotopic (exact) mass is 346 g/mol. The highest BCUT2D eigenvalue weighted by atomic mass is 19.4. The van der Waals surface area contributed by atoms with Gasteiger partial charge < -0.3 is 4.74 Å². The van der Waals surface area contributed by atoms with Crippen molar-refractivity contribution in [2.45, 2.75) is 32.5 Å². The molecular weight excluding hydrogens is 329 g/mol. The van der Waals surface area contributed by atoms with E-state index in [1.54, 1.807) is 32.9 Å². The van der Waals surface area contributed by atoms with Crippen LogP contribution in [0.25, 0.3) is 11.1 Å². The second-order valence-electron chi connectivity index (χ2n) is 6.52. The number of halogens is 3. The fourth-order valence-corrected chi connectivity index (χ4v) is 2.18. The van der Waals surface area contributed by atoms with Gasteiger partial charge in [-0.25, -0.2) is 4.79 Å². The Bertz CT molecular complexity index is 820. The van der Waals surface area contributed by atoms with Crippen LogP contribution in [0, 0.1) is 12.3 Å². The number of alkyl halides is 3. The molecule has 0 radical (unpaired) electrons. The lowest BCUT2D eigenvalue weighted by molar-refractivity contribution is -0.137. The first-order valence-electron chi connectivity index (χ1n) is 7.52. The summed E-state index contributed by atoms with van der Waals surface area (Å²) in [6.45, 7) is 5.26. The van der Waals surface area contributed by atoms with E-state index in [1.807, 2.05) is 0 Å². The van der Waals surface area contributed by atoms with Crippen LogP contribution in [0.1, 0.15) is 42.3 Å². The Kier molecular flexibility index (Phi) is 4.94. The highest BCUT2D eigenvalue weighted by Crippen LogP contribution is 2.33. The van der Waals surface area contributed by atoms with Crippen LogP contribution in [0.15, 0.2) is 42.5 Å². The summed E-state index contributed by atoms with van der Waals surface area (Å²) in [6.07, 6.45) is 0.765. The number of carbonyl (C=O) groups excluding carboxylic acids is 1. The lowest BCUT2D eigenvalue weighted by atomic mass is 9.98. The molecule has 0 aliphatic rings. The number of rotatable bonds is 2. The molecule has 0 aliphatic carbocycles. The molecule has 0 spiro atoms. The SMILES string of the molecule is C#Cc1cc(-c2ccc(C(=O)OC(C)(C)C)cc2)cc(C(F)(F)F)c1. The molecule has 5 heteroatoms. The first-order valence-corrected chi connectivity index (χ1v) is 7.52. The molecule has 0 unspecified atom stereocenters. The highest BCUT2D eigenvalue weighted by Gasteiger charge is 2.31. The van der Waals surface area contributed by atoms with Gasteiger partial charge >= 0.3 is 12.1 Å². The van der Waals surface area contributed by atoms with Gasteiger partial charge in [0.15, 0.2) is 0 Å². The van der Waals surface area contributed by atoms with Crippen LogP contribution in [-0.2, 0) is 10.9 Å². The Morgan fingerprint density at radius 1 is 1.00 bits per heavy atom. The van der Waals surface area contributed by atoms with E-state index in [2.05, 4.69) is 5.92 Å². The number of hydrogen-bond acceptors (Lipinski definition) is 2. The largest absolute Gasteiger partial charge is 0.456 e. The van der Waals surface area contributed by atoms with Crippen molar-refractivity contribution in [1.29, 1.82) is 0 Å². The number of hydrogen-bond donors (Lipinski definition) is 0. The van der Waals surface area contributed by atoms with Gasteiger partial charge in [-0.1, -0.05) is 18.1 Å². The lowest BCUT2D eigenvalue weighted by Gasteiger charge is -2.19. The van der Waals surface area contributed by atoms with Gasteiger partial charge in [0.25, 0.3) is 0 Å². The first kappa shape index (κ1) is 18.6. The molecule has 0 aliphatic heterocycles. The maximum absolute atomic E-state index is 13.0. The first-order chi connectivity index (χ1) is 11.5. The van der Waals surface area contributed by atoms with Gasteiger partial charge in [-0.2, -0.15) is 13.2 Å². The molecule has 130 valence electrons. The van der Waals surface area contributed by atoms with Gasteiger partial charge in [-0.05, 0) is 62.2 Å². The van der Waals surface area contributed by atoms with Crippen molar-refractivity contribution in [2.75, 3.05) is 0 Å². The molecule has 0 saturated carbocycles. The third-order valence-electron chi connectivity index (χ3n) is 3.28. The summed E-state index contributed by atoms with van der Waals surface area (Å²) in [4.78, 5) is 12.0. The van der Waals surface area contributed by atoms with Crippen LogP contribution in [0.3, 0.4) is 0 Å². The summed E-state index contributed by atoms with van der Waals surface area (Å²) >= 11 is 0. The van der Waals surface area contributed by atoms with E-state index in [0.717, 1.165) is 12.1 Å². The summed E-state index contributed by atoms with van der Waals surface area (Å²) in [7, 11) is 0. The molecule has 0 atom stereocenters. The topological polar surface area (TPSA) is 26.3 Å². The zero-order valence-electron chi connectivity index (χ0n) is 14.1. The van der Waals surface area contributed by atoms with E-state index in [1.165, 1.54) is 18.2 Å². The molecule has 0 N–H and O–H groups in total. The maximum Gasteiger partial charge on any atom is 0.416 e. The summed E-state index contributed by atoms with van der Waals surface area (Å²) in [5.41, 5.74) is -0.121. The zero-order chi connectivity index (χ0) is 18.8. The van der Waals surface area contributed by atoms with Crippen LogP contribution in [0.5, 0.6) is 0 Å². The van der Waals surface area contributed by atoms with Gasteiger partial charge in [-0.15, -0.1) is 6.42 Å². The number of terminal acetylenes is 1. The number of carbonyl (C=O) groups is 1. The van der Waals surface area contributed by atoms with Crippen LogP contribution in [-0.4, -0.2) is 11.6 Å². The summed E-state index contributed by atoms with van der Waals surface area (Å²) in [6, 6.07) is 9.61. The third kappa shape index (κ3) is 4.87. The van der Waals surface area contributed by atoms with Crippen LogP contribution in [0.2, 0.25) is 0 Å². The highest BCUT2D eigenvalue weighted by molar-refractivity contribution is 5.90. The minimum atomic E-state index is -4.49. The average molecular weight is 346 g/mol. The van der Waals surface area contributed by atoms with Crippen LogP contribution >= 0.6 is 0 Å². The van der Waals surface area contributed by atoms with Gasteiger partial charge in [0.2, 0.25) is 0 Å². The van der Waals surface area contributed by atoms with E-state index in [9.17, 15) is 18.0 Å². The van der Waals surface area contributed by atoms with Crippen molar-refractivity contribution in [3.8, 4) is 23.5 Å². The lowest BCUT2D eigenvalue weighted by Crippen LogP contribution is -2.23. The van der Waals surface area contributed by atoms with E-state index in [4.69, 9.17) is 11.2 Å². The Morgan fingerprint density at radius 2 is 1.60 bits per heavy atom. The van der Waals surface area contributed by atoms with Crippen molar-refractivity contribution in [3.63, 3.8) is 0 Å². The Hall–Kier alpha value is -2.74. The summed E-state index contributed by atoms with van der Waals surface area (Å²) in [5.74, 6) is 1.74. The van der Waals surface area contributed by atoms with Gasteiger partial charge in [0.1, 0.15) is 5.60 Å². The number of benzene rings is 2. The van der Waals surface area contributed by atoms with Gasteiger partial charge in [0, 0.05) is 5.56 Å². The minimum Gasteiger partial charge on any atom is -0.456 e. The van der Waals surface area contributed by atoms with E-state index in [-0.39, 0.29) is 5.56 Å². The predicted molar refractivity (Wildman–Crippen MR) is 90.0 cm³/mol. The van der Waals surface area contributed by atoms with Gasteiger partial charge in [-0.3, -0.25) is 0 Å². The molecule has 0 heterocycles. The Balaban J connectivity index is 2.37. The maximum atomic E-state index is 13.0. The average Bonchev–Trinajstić information content (AvgIpc) is 2.52. The van der Waals surface area contributed by atoms with Crippen LogP contribution in [0.4, 0.5) is 13.2 Å². The third-order valence-corrected chi connectivity index (χ3v) is 3.28. The van der Waals surface area contributed by atoms with Crippen molar-refractivity contribution in [2.24, 2.45) is 0 Å². The van der Waals surface area contributed by atoms with E-state index in [0.29, 0.717) is 16.7 Å². The smallest absolute Gasteiger partial charge is 0.416 e. The van der Waals surface area contributed by atoms with E-state index >= 15 is 0 Å². The number of ether oxygens (including phenoxy) is 1. The van der Waals surface area contributed by atoms with Crippen molar-refractivity contribution in [3.05, 3.63) is 59.2 Å². The van der Waals surface area contributed by atoms with Crippen molar-refractivity contribution >= 4 is 5.97 Å². The van der Waals surface area contributed by atoms with Crippen molar-refractivity contribution in [1.82, 2.24) is 0 Å². The van der Waals surface area contributed by atoms with Crippen molar-refractivity contribution < 1.29 is 22.7 Å². The zero-order valence-corrected chi connectivity index (χ0v) is 14.1. The number of esters is 1. The minimum absolute atomic E-state index is 0.140. The molecule has 2 rings (SSSR count). The van der Waals surface area contributed by atoms with Crippen LogP contribution < -0.4 is 0 Å². The second-order valence-corrected chi connectivity index (χ2v) is 6.52. The molecule has 25 heavy (non-hydrogen) atoms. The fraction of sp³-hybridized carbons (Fsp3) is 0.250. The predicted octanol–water partition coefficient (Wildman–Crippen LogP) is 5.31. The molecule has 2 nitrogen and oxygen atoms in total. The quantitative estimate of drug-likeness (QED) is 0.544. The Morgan fingerprint density at radius 3 is 2.08 bits per heavy atom. The molecule has 0 fully saturated rings. The molecular formula is C20H17F3O2. The molecule has 0 bridgehead atoms. The second kappa shape index (κ2) is 6.64. The molecule has 0 saturated heterocycles. The Labute approximate surface area is 144 Å².